The second-order valence-electron chi connectivity index (χ2n) is 2.05. The third-order valence-electron chi connectivity index (χ3n) is 1.33. The zero-order chi connectivity index (χ0) is 8.27. The van der Waals surface area contributed by atoms with Gasteiger partial charge in [0.15, 0.2) is 0 Å². The minimum Gasteiger partial charge on any atom is -0.207 e. The molecule has 0 fully saturated rings. The molecule has 0 spiro atoms. The van der Waals surface area contributed by atoms with Crippen LogP contribution in [-0.2, 0) is 5.88 Å². The lowest BCUT2D eigenvalue weighted by Crippen LogP contribution is -1.86. The number of hydrogen-bond donors (Lipinski definition) is 0. The Balaban J connectivity index is 3.19. The van der Waals surface area contributed by atoms with Crippen LogP contribution < -0.4 is 0 Å². The van der Waals surface area contributed by atoms with Crippen molar-refractivity contribution in [1.82, 2.24) is 0 Å². The van der Waals surface area contributed by atoms with E-state index in [0.717, 1.165) is 0 Å². The lowest BCUT2D eigenvalue weighted by Gasteiger charge is -1.97. The number of hydrogen-bond acceptors (Lipinski definition) is 1. The molecule has 0 radical (unpaired) electrons. The Hall–Kier alpha value is -1.07. The van der Waals surface area contributed by atoms with Gasteiger partial charge >= 0.3 is 0 Å². The van der Waals surface area contributed by atoms with E-state index >= 15 is 0 Å². The van der Waals surface area contributed by atoms with E-state index in [-0.39, 0.29) is 11.7 Å². The lowest BCUT2D eigenvalue weighted by atomic mass is 10.1. The van der Waals surface area contributed by atoms with Crippen LogP contribution in [0.25, 0.3) is 0 Å². The minimum absolute atomic E-state index is 0.167. The van der Waals surface area contributed by atoms with Crippen LogP contribution in [0.2, 0.25) is 0 Å². The highest BCUT2D eigenvalue weighted by Crippen LogP contribution is 2.12. The highest BCUT2D eigenvalue weighted by atomic mass is 35.5. The van der Waals surface area contributed by atoms with Gasteiger partial charge in [0.1, 0.15) is 5.82 Å². The van der Waals surface area contributed by atoms with Gasteiger partial charge in [0, 0.05) is 5.88 Å². The van der Waals surface area contributed by atoms with Crippen LogP contribution in [0.3, 0.4) is 0 Å². The van der Waals surface area contributed by atoms with E-state index in [2.05, 4.69) is 0 Å². The molecule has 0 saturated heterocycles. The molecule has 1 nitrogen and oxygen atoms in total. The fourth-order valence-corrected chi connectivity index (χ4v) is 1.00. The summed E-state index contributed by atoms with van der Waals surface area (Å²) < 4.78 is 12.5. The van der Waals surface area contributed by atoms with Gasteiger partial charge in [-0.1, -0.05) is 0 Å². The number of nitrogens with zero attached hydrogens (tertiary/aromatic N) is 1. The quantitative estimate of drug-likeness (QED) is 0.593. The average Bonchev–Trinajstić information content (AvgIpc) is 2.04. The van der Waals surface area contributed by atoms with E-state index in [1.165, 1.54) is 18.2 Å². The van der Waals surface area contributed by atoms with E-state index in [4.69, 9.17) is 16.9 Å². The van der Waals surface area contributed by atoms with Gasteiger partial charge in [0.25, 0.3) is 0 Å². The number of benzene rings is 1. The lowest BCUT2D eigenvalue weighted by molar-refractivity contribution is 0.626. The van der Waals surface area contributed by atoms with Crippen molar-refractivity contribution < 1.29 is 4.39 Å². The summed E-state index contributed by atoms with van der Waals surface area (Å²) in [6, 6.07) is 5.86. The zero-order valence-corrected chi connectivity index (χ0v) is 6.40. The molecule has 0 aliphatic carbocycles. The van der Waals surface area contributed by atoms with Gasteiger partial charge in [-0.2, -0.15) is 5.26 Å². The van der Waals surface area contributed by atoms with Crippen molar-refractivity contribution in [3.8, 4) is 6.07 Å². The molecule has 1 aromatic rings. The molecule has 1 rings (SSSR count). The normalized spacial score (nSPS) is 9.18. The molecular formula is C8H5ClFN. The molecule has 0 aliphatic heterocycles. The Kier molecular flexibility index (Phi) is 2.45. The largest absolute Gasteiger partial charge is 0.207 e. The minimum atomic E-state index is -0.361. The highest BCUT2D eigenvalue weighted by molar-refractivity contribution is 6.17. The van der Waals surface area contributed by atoms with Gasteiger partial charge in [0.2, 0.25) is 0 Å². The molecule has 56 valence electrons. The van der Waals surface area contributed by atoms with Crippen LogP contribution >= 0.6 is 11.6 Å². The first-order valence-electron chi connectivity index (χ1n) is 3.02. The molecule has 0 N–H and O–H groups in total. The van der Waals surface area contributed by atoms with Crippen LogP contribution in [0.1, 0.15) is 11.1 Å². The topological polar surface area (TPSA) is 23.8 Å². The molecule has 0 saturated carbocycles. The Bertz CT molecular complexity index is 303. The number of halogens is 2. The Morgan fingerprint density at radius 1 is 1.55 bits per heavy atom. The molecule has 1 aromatic carbocycles. The Morgan fingerprint density at radius 3 is 2.82 bits per heavy atom. The van der Waals surface area contributed by atoms with Crippen LogP contribution in [0.4, 0.5) is 4.39 Å². The summed E-state index contributed by atoms with van der Waals surface area (Å²) in [5.41, 5.74) is 0.968. The van der Waals surface area contributed by atoms with Crippen molar-refractivity contribution in [2.45, 2.75) is 5.88 Å². The van der Waals surface area contributed by atoms with Crippen molar-refractivity contribution >= 4 is 11.6 Å². The van der Waals surface area contributed by atoms with Gasteiger partial charge in [-0.05, 0) is 23.8 Å². The second-order valence-corrected chi connectivity index (χ2v) is 2.31. The van der Waals surface area contributed by atoms with Crippen molar-refractivity contribution in [1.29, 1.82) is 5.26 Å². The fraction of sp³-hybridized carbons (Fsp3) is 0.125. The first-order chi connectivity index (χ1) is 5.27. The SMILES string of the molecule is N#Cc1ccc(F)cc1CCl. The zero-order valence-electron chi connectivity index (χ0n) is 5.64. The summed E-state index contributed by atoms with van der Waals surface area (Å²) in [5.74, 6) is -0.194. The van der Waals surface area contributed by atoms with E-state index in [0.29, 0.717) is 11.1 Å². The number of alkyl halides is 1. The molecule has 0 bridgehead atoms. The van der Waals surface area contributed by atoms with Crippen LogP contribution in [0.5, 0.6) is 0 Å². The van der Waals surface area contributed by atoms with Gasteiger partial charge < -0.3 is 0 Å². The molecule has 0 aliphatic rings. The van der Waals surface area contributed by atoms with E-state index in [9.17, 15) is 4.39 Å². The van der Waals surface area contributed by atoms with Gasteiger partial charge in [-0.15, -0.1) is 11.6 Å². The summed E-state index contributed by atoms with van der Waals surface area (Å²) in [7, 11) is 0. The predicted octanol–water partition coefficient (Wildman–Crippen LogP) is 2.44. The van der Waals surface area contributed by atoms with E-state index in [1.54, 1.807) is 0 Å². The van der Waals surface area contributed by atoms with Crippen LogP contribution in [0.15, 0.2) is 18.2 Å². The molecule has 11 heavy (non-hydrogen) atoms. The summed E-state index contributed by atoms with van der Waals surface area (Å²) >= 11 is 5.47. The molecule has 3 heteroatoms. The molecular weight excluding hydrogens is 165 g/mol. The predicted molar refractivity (Wildman–Crippen MR) is 40.7 cm³/mol. The maximum absolute atomic E-state index is 12.5. The molecule has 0 unspecified atom stereocenters. The summed E-state index contributed by atoms with van der Waals surface area (Å²) in [6.45, 7) is 0. The first kappa shape index (κ1) is 8.03. The number of rotatable bonds is 1. The smallest absolute Gasteiger partial charge is 0.123 e. The summed E-state index contributed by atoms with van der Waals surface area (Å²) in [6.07, 6.45) is 0. The summed E-state index contributed by atoms with van der Waals surface area (Å²) in [5, 5.41) is 8.51. The standard InChI is InChI=1S/C8H5ClFN/c9-4-7-3-8(10)2-1-6(7)5-11/h1-3H,4H2. The highest BCUT2D eigenvalue weighted by Gasteiger charge is 2.00. The monoisotopic (exact) mass is 169 g/mol. The average molecular weight is 170 g/mol. The first-order valence-corrected chi connectivity index (χ1v) is 3.56. The third-order valence-corrected chi connectivity index (χ3v) is 1.62. The Morgan fingerprint density at radius 2 is 2.27 bits per heavy atom. The molecule has 0 aromatic heterocycles. The maximum atomic E-state index is 12.5. The van der Waals surface area contributed by atoms with Crippen molar-refractivity contribution in [3.05, 3.63) is 35.1 Å². The fourth-order valence-electron chi connectivity index (χ4n) is 0.782. The van der Waals surface area contributed by atoms with Gasteiger partial charge in [-0.25, -0.2) is 4.39 Å². The summed E-state index contributed by atoms with van der Waals surface area (Å²) in [4.78, 5) is 0. The van der Waals surface area contributed by atoms with Gasteiger partial charge in [-0.3, -0.25) is 0 Å². The molecule has 0 heterocycles. The number of nitriles is 1. The van der Waals surface area contributed by atoms with Crippen LogP contribution in [0, 0.1) is 17.1 Å². The maximum Gasteiger partial charge on any atom is 0.123 e. The third kappa shape index (κ3) is 1.69. The molecule has 0 atom stereocenters. The van der Waals surface area contributed by atoms with Crippen molar-refractivity contribution in [2.75, 3.05) is 0 Å². The Labute approximate surface area is 69.0 Å². The van der Waals surface area contributed by atoms with Gasteiger partial charge in [0.05, 0.1) is 11.6 Å². The van der Waals surface area contributed by atoms with E-state index in [1.807, 2.05) is 6.07 Å². The van der Waals surface area contributed by atoms with E-state index < -0.39 is 0 Å². The molecule has 0 amide bonds. The second kappa shape index (κ2) is 3.36. The van der Waals surface area contributed by atoms with Crippen molar-refractivity contribution in [2.24, 2.45) is 0 Å². The van der Waals surface area contributed by atoms with Crippen LogP contribution in [-0.4, -0.2) is 0 Å². The van der Waals surface area contributed by atoms with Crippen molar-refractivity contribution in [3.63, 3.8) is 0 Å².